The molecule has 2 aliphatic rings. The topological polar surface area (TPSA) is 88.9 Å². The summed E-state index contributed by atoms with van der Waals surface area (Å²) in [5.74, 6) is 1.02. The molecule has 6 rings (SSSR count). The minimum absolute atomic E-state index is 0.0682. The highest BCUT2D eigenvalue weighted by molar-refractivity contribution is 5.99. The first-order valence-corrected chi connectivity index (χ1v) is 11.6. The zero-order chi connectivity index (χ0) is 23.2. The molecule has 1 N–H and O–H groups in total. The second-order valence-electron chi connectivity index (χ2n) is 9.07. The van der Waals surface area contributed by atoms with Gasteiger partial charge in [0.2, 0.25) is 0 Å². The van der Waals surface area contributed by atoms with Crippen molar-refractivity contribution in [2.45, 2.75) is 38.5 Å². The van der Waals surface area contributed by atoms with E-state index in [1.165, 1.54) is 11.1 Å². The average Bonchev–Trinajstić information content (AvgIpc) is 3.50. The van der Waals surface area contributed by atoms with Crippen molar-refractivity contribution in [1.29, 1.82) is 0 Å². The Morgan fingerprint density at radius 2 is 1.88 bits per heavy atom. The second-order valence-corrected chi connectivity index (χ2v) is 9.07. The summed E-state index contributed by atoms with van der Waals surface area (Å²) in [5, 5.41) is 0. The number of hydrogen-bond acceptors (Lipinski definition) is 5. The summed E-state index contributed by atoms with van der Waals surface area (Å²) in [5.41, 5.74) is 5.39. The van der Waals surface area contributed by atoms with Crippen molar-refractivity contribution in [3.8, 4) is 0 Å². The third-order valence-corrected chi connectivity index (χ3v) is 6.98. The molecule has 0 aliphatic carbocycles. The lowest BCUT2D eigenvalue weighted by Crippen LogP contribution is -2.27. The monoisotopic (exact) mass is 458 g/mol. The normalized spacial score (nSPS) is 16.4. The van der Waals surface area contributed by atoms with Crippen LogP contribution in [0.25, 0.3) is 16.6 Å². The molecule has 0 bridgehead atoms. The Hall–Kier alpha value is -3.49. The lowest BCUT2D eigenvalue weighted by molar-refractivity contribution is 0.0746. The summed E-state index contributed by atoms with van der Waals surface area (Å²) >= 11 is 0. The number of aromatic amines is 1. The van der Waals surface area contributed by atoms with Crippen molar-refractivity contribution in [3.05, 3.63) is 81.0 Å². The summed E-state index contributed by atoms with van der Waals surface area (Å²) in [6.07, 6.45) is 3.37. The minimum atomic E-state index is -0.218. The molecule has 1 fully saturated rings. The molecule has 1 amide bonds. The van der Waals surface area contributed by atoms with Gasteiger partial charge in [-0.1, -0.05) is 24.3 Å². The van der Waals surface area contributed by atoms with Crippen LogP contribution in [0.3, 0.4) is 0 Å². The zero-order valence-corrected chi connectivity index (χ0v) is 19.0. The molecule has 2 aliphatic heterocycles. The Balaban J connectivity index is 1.48. The van der Waals surface area contributed by atoms with Gasteiger partial charge in [-0.3, -0.25) is 14.0 Å². The van der Waals surface area contributed by atoms with Gasteiger partial charge in [-0.15, -0.1) is 0 Å². The number of amides is 1. The van der Waals surface area contributed by atoms with Crippen LogP contribution in [0.15, 0.2) is 47.4 Å². The Kier molecular flexibility index (Phi) is 5.19. The van der Waals surface area contributed by atoms with Crippen LogP contribution in [0, 0.1) is 0 Å². The van der Waals surface area contributed by atoms with Gasteiger partial charge in [0.1, 0.15) is 11.3 Å². The van der Waals surface area contributed by atoms with Crippen molar-refractivity contribution < 1.29 is 14.3 Å². The van der Waals surface area contributed by atoms with E-state index < -0.39 is 0 Å². The molecular formula is C26H26N4O4. The number of hydrogen-bond donors (Lipinski definition) is 1. The molecule has 0 radical (unpaired) electrons. The van der Waals surface area contributed by atoms with Gasteiger partial charge >= 0.3 is 0 Å². The van der Waals surface area contributed by atoms with E-state index >= 15 is 0 Å². The number of aromatic nitrogens is 3. The molecule has 4 aromatic rings. The zero-order valence-electron chi connectivity index (χ0n) is 19.0. The smallest absolute Gasteiger partial charge is 0.274 e. The maximum absolute atomic E-state index is 13.6. The number of fused-ring (bicyclic) bond motifs is 4. The predicted molar refractivity (Wildman–Crippen MR) is 127 cm³/mol. The van der Waals surface area contributed by atoms with Crippen molar-refractivity contribution in [1.82, 2.24) is 19.3 Å². The van der Waals surface area contributed by atoms with Crippen LogP contribution < -0.4 is 5.56 Å². The van der Waals surface area contributed by atoms with E-state index in [9.17, 15) is 9.59 Å². The van der Waals surface area contributed by atoms with Crippen molar-refractivity contribution in [2.24, 2.45) is 0 Å². The molecule has 1 saturated heterocycles. The number of rotatable bonds is 4. The van der Waals surface area contributed by atoms with Crippen LogP contribution in [-0.2, 0) is 29.2 Å². The molecule has 2 aromatic carbocycles. The minimum Gasteiger partial charge on any atom is -0.381 e. The van der Waals surface area contributed by atoms with Crippen LogP contribution in [0.4, 0.5) is 0 Å². The van der Waals surface area contributed by atoms with E-state index in [0.717, 1.165) is 29.7 Å². The van der Waals surface area contributed by atoms with Crippen molar-refractivity contribution in [2.75, 3.05) is 20.3 Å². The van der Waals surface area contributed by atoms with Crippen LogP contribution >= 0.6 is 0 Å². The summed E-state index contributed by atoms with van der Waals surface area (Å²) in [6, 6.07) is 11.9. The molecule has 8 heteroatoms. The van der Waals surface area contributed by atoms with E-state index in [4.69, 9.17) is 9.47 Å². The number of nitrogens with one attached hydrogen (secondary N) is 1. The van der Waals surface area contributed by atoms with Crippen LogP contribution in [0.1, 0.15) is 51.6 Å². The van der Waals surface area contributed by atoms with Gasteiger partial charge in [0.25, 0.3) is 11.5 Å². The summed E-state index contributed by atoms with van der Waals surface area (Å²) < 4.78 is 12.9. The molecule has 8 nitrogen and oxygen atoms in total. The first-order chi connectivity index (χ1) is 16.6. The number of methoxy groups -OCH3 is 1. The third kappa shape index (κ3) is 3.41. The molecule has 0 unspecified atom stereocenters. The maximum Gasteiger partial charge on any atom is 0.274 e. The maximum atomic E-state index is 13.6. The van der Waals surface area contributed by atoms with E-state index in [2.05, 4.69) is 22.1 Å². The van der Waals surface area contributed by atoms with Gasteiger partial charge < -0.3 is 19.4 Å². The van der Waals surface area contributed by atoms with Gasteiger partial charge in [-0.05, 0) is 41.7 Å². The lowest BCUT2D eigenvalue weighted by atomic mass is 9.99. The summed E-state index contributed by atoms with van der Waals surface area (Å²) in [6.45, 7) is 2.81. The SMILES string of the molecule is COCc1cc2c(cc1C(=O)N1Cc3ccccc3C1)[nH]c(=O)c1cnc(C3CCOCC3)n12. The molecule has 0 saturated carbocycles. The molecule has 0 spiro atoms. The first kappa shape index (κ1) is 21.1. The highest BCUT2D eigenvalue weighted by Crippen LogP contribution is 2.30. The number of imidazole rings is 1. The quantitative estimate of drug-likeness (QED) is 0.507. The van der Waals surface area contributed by atoms with Crippen LogP contribution in [0.5, 0.6) is 0 Å². The summed E-state index contributed by atoms with van der Waals surface area (Å²) in [7, 11) is 1.62. The molecule has 0 atom stereocenters. The molecule has 34 heavy (non-hydrogen) atoms. The fourth-order valence-corrected chi connectivity index (χ4v) is 5.25. The number of ether oxygens (including phenoxy) is 2. The van der Waals surface area contributed by atoms with E-state index in [-0.39, 0.29) is 17.4 Å². The first-order valence-electron chi connectivity index (χ1n) is 11.6. The van der Waals surface area contributed by atoms with Gasteiger partial charge in [0.05, 0.1) is 23.8 Å². The number of nitrogens with zero attached hydrogens (tertiary/aromatic N) is 3. The van der Waals surface area contributed by atoms with Gasteiger partial charge in [0.15, 0.2) is 0 Å². The Bertz CT molecular complexity index is 1440. The third-order valence-electron chi connectivity index (χ3n) is 6.98. The van der Waals surface area contributed by atoms with Crippen LogP contribution in [0.2, 0.25) is 0 Å². The highest BCUT2D eigenvalue weighted by atomic mass is 16.5. The second kappa shape index (κ2) is 8.38. The van der Waals surface area contributed by atoms with Crippen molar-refractivity contribution in [3.63, 3.8) is 0 Å². The Labute approximate surface area is 196 Å². The van der Waals surface area contributed by atoms with Gasteiger partial charge in [-0.25, -0.2) is 4.98 Å². The Morgan fingerprint density at radius 1 is 1.15 bits per heavy atom. The molecule has 174 valence electrons. The van der Waals surface area contributed by atoms with E-state index in [1.807, 2.05) is 27.5 Å². The highest BCUT2D eigenvalue weighted by Gasteiger charge is 2.27. The number of H-pyrrole nitrogens is 1. The molecular weight excluding hydrogens is 432 g/mol. The average molecular weight is 459 g/mol. The number of benzene rings is 2. The van der Waals surface area contributed by atoms with Crippen molar-refractivity contribution >= 4 is 22.5 Å². The fourth-order valence-electron chi connectivity index (χ4n) is 5.25. The fraction of sp³-hybridized carbons (Fsp3) is 0.346. The predicted octanol–water partition coefficient (Wildman–Crippen LogP) is 3.37. The lowest BCUT2D eigenvalue weighted by Gasteiger charge is -2.22. The van der Waals surface area contributed by atoms with Gasteiger partial charge in [-0.2, -0.15) is 0 Å². The molecule has 2 aromatic heterocycles. The Morgan fingerprint density at radius 3 is 2.59 bits per heavy atom. The van der Waals surface area contributed by atoms with E-state index in [0.29, 0.717) is 49.5 Å². The van der Waals surface area contributed by atoms with E-state index in [1.54, 1.807) is 19.4 Å². The number of carbonyl (C=O) groups excluding carboxylic acids is 1. The number of carbonyl (C=O) groups is 1. The van der Waals surface area contributed by atoms with Crippen LogP contribution in [-0.4, -0.2) is 45.5 Å². The van der Waals surface area contributed by atoms with Gasteiger partial charge in [0, 0.05) is 44.9 Å². The molecule has 4 heterocycles. The summed E-state index contributed by atoms with van der Waals surface area (Å²) in [4.78, 5) is 36.0. The standard InChI is InChI=1S/C26H26N4O4/c1-33-15-19-10-22-21(11-20(19)26(32)29-13-17-4-2-3-5-18(17)14-29)28-25(31)23-12-27-24(30(22)23)16-6-8-34-9-7-16/h2-5,10-12,16H,6-9,13-15H2,1H3,(H,28,31). The largest absolute Gasteiger partial charge is 0.381 e.